The third-order valence-corrected chi connectivity index (χ3v) is 2.74. The molecule has 5 nitrogen and oxygen atoms in total. The van der Waals surface area contributed by atoms with Crippen molar-refractivity contribution >= 4 is 17.6 Å². The summed E-state index contributed by atoms with van der Waals surface area (Å²) in [6.07, 6.45) is 6.99. The molecule has 0 heterocycles. The minimum Gasteiger partial charge on any atom is -0.480 e. The van der Waals surface area contributed by atoms with Gasteiger partial charge in [0.25, 0.3) is 0 Å². The fraction of sp³-hybridized carbons (Fsp3) is 0.333. The molecule has 0 aliphatic heterocycles. The van der Waals surface area contributed by atoms with Crippen LogP contribution < -0.4 is 11.1 Å². The van der Waals surface area contributed by atoms with Crippen molar-refractivity contribution in [2.45, 2.75) is 31.7 Å². The van der Waals surface area contributed by atoms with E-state index >= 15 is 0 Å². The van der Waals surface area contributed by atoms with Gasteiger partial charge < -0.3 is 16.2 Å². The van der Waals surface area contributed by atoms with E-state index in [0.29, 0.717) is 24.9 Å². The Morgan fingerprint density at radius 2 is 2.00 bits per heavy atom. The highest BCUT2D eigenvalue weighted by Crippen LogP contribution is 2.11. The van der Waals surface area contributed by atoms with Crippen LogP contribution in [0.4, 0.5) is 5.69 Å². The van der Waals surface area contributed by atoms with Crippen LogP contribution in [-0.2, 0) is 16.0 Å². The molecule has 1 atom stereocenters. The van der Waals surface area contributed by atoms with Crippen LogP contribution in [0.25, 0.3) is 0 Å². The molecule has 106 valence electrons. The summed E-state index contributed by atoms with van der Waals surface area (Å²) in [5.74, 6) is 1.36. The second-order valence-corrected chi connectivity index (χ2v) is 4.45. The second kappa shape index (κ2) is 7.97. The molecule has 0 aliphatic carbocycles. The molecule has 1 amide bonds. The SMILES string of the molecule is C#CCCCC(=O)Nc1ccc(C[C@H](N)C(=O)O)cc1. The van der Waals surface area contributed by atoms with Crippen molar-refractivity contribution in [2.24, 2.45) is 5.73 Å². The lowest BCUT2D eigenvalue weighted by Gasteiger charge is -2.08. The maximum absolute atomic E-state index is 11.6. The zero-order chi connectivity index (χ0) is 15.0. The largest absolute Gasteiger partial charge is 0.480 e. The maximum atomic E-state index is 11.6. The Morgan fingerprint density at radius 3 is 2.55 bits per heavy atom. The van der Waals surface area contributed by atoms with E-state index in [1.54, 1.807) is 24.3 Å². The van der Waals surface area contributed by atoms with Crippen LogP contribution in [0.2, 0.25) is 0 Å². The van der Waals surface area contributed by atoms with Gasteiger partial charge >= 0.3 is 5.97 Å². The minimum absolute atomic E-state index is 0.0877. The zero-order valence-corrected chi connectivity index (χ0v) is 11.1. The maximum Gasteiger partial charge on any atom is 0.320 e. The van der Waals surface area contributed by atoms with Crippen LogP contribution in [-0.4, -0.2) is 23.0 Å². The predicted molar refractivity (Wildman–Crippen MR) is 77.1 cm³/mol. The van der Waals surface area contributed by atoms with Crippen LogP contribution in [0.15, 0.2) is 24.3 Å². The summed E-state index contributed by atoms with van der Waals surface area (Å²) in [6.45, 7) is 0. The first-order valence-corrected chi connectivity index (χ1v) is 6.33. The molecule has 0 aromatic heterocycles. The van der Waals surface area contributed by atoms with E-state index in [1.165, 1.54) is 0 Å². The molecule has 1 rings (SSSR count). The number of carboxylic acid groups (broad SMARTS) is 1. The van der Waals surface area contributed by atoms with Crippen molar-refractivity contribution in [1.82, 2.24) is 0 Å². The lowest BCUT2D eigenvalue weighted by atomic mass is 10.1. The van der Waals surface area contributed by atoms with Gasteiger partial charge in [-0.05, 0) is 30.5 Å². The molecule has 0 fully saturated rings. The monoisotopic (exact) mass is 274 g/mol. The van der Waals surface area contributed by atoms with Crippen LogP contribution in [0.1, 0.15) is 24.8 Å². The van der Waals surface area contributed by atoms with E-state index in [0.717, 1.165) is 5.56 Å². The summed E-state index contributed by atoms with van der Waals surface area (Å²) in [4.78, 5) is 22.2. The van der Waals surface area contributed by atoms with Gasteiger partial charge in [0.15, 0.2) is 0 Å². The molecule has 0 radical (unpaired) electrons. The van der Waals surface area contributed by atoms with Crippen molar-refractivity contribution < 1.29 is 14.7 Å². The highest BCUT2D eigenvalue weighted by molar-refractivity contribution is 5.90. The van der Waals surface area contributed by atoms with Gasteiger partial charge in [0, 0.05) is 18.5 Å². The summed E-state index contributed by atoms with van der Waals surface area (Å²) >= 11 is 0. The first kappa shape index (κ1) is 15.7. The van der Waals surface area contributed by atoms with E-state index in [-0.39, 0.29) is 12.3 Å². The number of anilines is 1. The average Bonchev–Trinajstić information content (AvgIpc) is 2.41. The van der Waals surface area contributed by atoms with Gasteiger partial charge in [-0.1, -0.05) is 12.1 Å². The van der Waals surface area contributed by atoms with Gasteiger partial charge in [0.2, 0.25) is 5.91 Å². The molecular formula is C15H18N2O3. The van der Waals surface area contributed by atoms with Crippen LogP contribution in [0.3, 0.4) is 0 Å². The topological polar surface area (TPSA) is 92.4 Å². The highest BCUT2D eigenvalue weighted by atomic mass is 16.4. The Balaban J connectivity index is 2.48. The molecule has 0 bridgehead atoms. The number of terminal acetylenes is 1. The van der Waals surface area contributed by atoms with E-state index in [1.807, 2.05) is 0 Å². The Hall–Kier alpha value is -2.32. The van der Waals surface area contributed by atoms with Crippen molar-refractivity contribution in [3.63, 3.8) is 0 Å². The molecule has 0 unspecified atom stereocenters. The zero-order valence-electron chi connectivity index (χ0n) is 11.1. The lowest BCUT2D eigenvalue weighted by molar-refractivity contribution is -0.138. The molecule has 20 heavy (non-hydrogen) atoms. The molecule has 0 saturated carbocycles. The Kier molecular flexibility index (Phi) is 6.27. The summed E-state index contributed by atoms with van der Waals surface area (Å²) in [5.41, 5.74) is 6.93. The van der Waals surface area contributed by atoms with E-state index < -0.39 is 12.0 Å². The van der Waals surface area contributed by atoms with Crippen LogP contribution in [0.5, 0.6) is 0 Å². The number of carbonyl (C=O) groups is 2. The standard InChI is InChI=1S/C15H18N2O3/c1-2-3-4-5-14(18)17-12-8-6-11(7-9-12)10-13(16)15(19)20/h1,6-9,13H,3-5,10,16H2,(H,17,18)(H,19,20)/t13-/m0/s1. The quantitative estimate of drug-likeness (QED) is 0.517. The van der Waals surface area contributed by atoms with E-state index in [4.69, 9.17) is 17.3 Å². The summed E-state index contributed by atoms with van der Waals surface area (Å²) in [6, 6.07) is 6.03. The Labute approximate surface area is 118 Å². The van der Waals surface area contributed by atoms with Crippen LogP contribution in [0, 0.1) is 12.3 Å². The van der Waals surface area contributed by atoms with Gasteiger partial charge in [0.1, 0.15) is 6.04 Å². The normalized spacial score (nSPS) is 11.4. The molecule has 0 spiro atoms. The molecule has 4 N–H and O–H groups in total. The average molecular weight is 274 g/mol. The smallest absolute Gasteiger partial charge is 0.320 e. The summed E-state index contributed by atoms with van der Waals surface area (Å²) in [5, 5.41) is 11.5. The second-order valence-electron chi connectivity index (χ2n) is 4.45. The Bertz CT molecular complexity index is 503. The highest BCUT2D eigenvalue weighted by Gasteiger charge is 2.11. The van der Waals surface area contributed by atoms with Crippen LogP contribution >= 0.6 is 0 Å². The molecule has 0 aliphatic rings. The number of carbonyl (C=O) groups excluding carboxylic acids is 1. The third kappa shape index (κ3) is 5.55. The number of unbranched alkanes of at least 4 members (excludes halogenated alkanes) is 1. The fourth-order valence-corrected chi connectivity index (χ4v) is 1.64. The van der Waals surface area contributed by atoms with Gasteiger partial charge in [-0.15, -0.1) is 12.3 Å². The number of nitrogens with one attached hydrogen (secondary N) is 1. The van der Waals surface area contributed by atoms with Gasteiger partial charge in [-0.2, -0.15) is 0 Å². The molecular weight excluding hydrogens is 256 g/mol. The van der Waals surface area contributed by atoms with Gasteiger partial charge in [-0.25, -0.2) is 0 Å². The number of nitrogens with two attached hydrogens (primary N) is 1. The number of aliphatic carboxylic acids is 1. The fourth-order valence-electron chi connectivity index (χ4n) is 1.64. The molecule has 1 aromatic rings. The predicted octanol–water partition coefficient (Wildman–Crippen LogP) is 1.38. The number of carboxylic acids is 1. The van der Waals surface area contributed by atoms with Gasteiger partial charge in [-0.3, -0.25) is 9.59 Å². The molecule has 0 saturated heterocycles. The number of hydrogen-bond acceptors (Lipinski definition) is 3. The summed E-state index contributed by atoms with van der Waals surface area (Å²) < 4.78 is 0. The number of rotatable bonds is 7. The number of benzene rings is 1. The first-order valence-electron chi connectivity index (χ1n) is 6.33. The summed E-state index contributed by atoms with van der Waals surface area (Å²) in [7, 11) is 0. The van der Waals surface area contributed by atoms with Crippen molar-refractivity contribution in [3.8, 4) is 12.3 Å². The van der Waals surface area contributed by atoms with E-state index in [9.17, 15) is 9.59 Å². The molecule has 1 aromatic carbocycles. The number of hydrogen-bond donors (Lipinski definition) is 3. The van der Waals surface area contributed by atoms with Gasteiger partial charge in [0.05, 0.1) is 0 Å². The van der Waals surface area contributed by atoms with Crippen molar-refractivity contribution in [1.29, 1.82) is 0 Å². The van der Waals surface area contributed by atoms with Crippen molar-refractivity contribution in [2.75, 3.05) is 5.32 Å². The lowest BCUT2D eigenvalue weighted by Crippen LogP contribution is -2.32. The third-order valence-electron chi connectivity index (χ3n) is 2.74. The Morgan fingerprint density at radius 1 is 1.35 bits per heavy atom. The molecule has 5 heteroatoms. The first-order chi connectivity index (χ1) is 9.52. The van der Waals surface area contributed by atoms with Crippen molar-refractivity contribution in [3.05, 3.63) is 29.8 Å². The minimum atomic E-state index is -1.03. The number of amides is 1. The van der Waals surface area contributed by atoms with E-state index in [2.05, 4.69) is 11.2 Å².